The van der Waals surface area contributed by atoms with Gasteiger partial charge in [0, 0.05) is 43.7 Å². The van der Waals surface area contributed by atoms with E-state index in [1.165, 1.54) is 36.7 Å². The van der Waals surface area contributed by atoms with E-state index in [0.29, 0.717) is 5.92 Å². The van der Waals surface area contributed by atoms with Gasteiger partial charge in [0.2, 0.25) is 0 Å². The Morgan fingerprint density at radius 1 is 1.39 bits per heavy atom. The van der Waals surface area contributed by atoms with Crippen molar-refractivity contribution in [3.8, 4) is 0 Å². The van der Waals surface area contributed by atoms with Gasteiger partial charge in [0.1, 0.15) is 0 Å². The lowest BCUT2D eigenvalue weighted by Gasteiger charge is -2.27. The molecule has 1 amide bonds. The monoisotopic (exact) mass is 446 g/mol. The molecule has 1 fully saturated rings. The number of nitrogens with zero attached hydrogens (tertiary/aromatic N) is 2. The first-order chi connectivity index (χ1) is 15.0. The van der Waals surface area contributed by atoms with Gasteiger partial charge in [-0.2, -0.15) is 0 Å². The molecule has 2 aliphatic rings. The summed E-state index contributed by atoms with van der Waals surface area (Å²) in [5, 5.41) is 10.6. The highest BCUT2D eigenvalue weighted by molar-refractivity contribution is 7.09. The predicted octanol–water partition coefficient (Wildman–Crippen LogP) is 4.61. The van der Waals surface area contributed by atoms with Crippen LogP contribution in [-0.2, 0) is 11.2 Å². The molecule has 0 bridgehead atoms. The third-order valence-electron chi connectivity index (χ3n) is 4.82. The van der Waals surface area contributed by atoms with E-state index in [0.717, 1.165) is 44.3 Å². The number of hydroxylamine groups is 1. The zero-order valence-corrected chi connectivity index (χ0v) is 19.9. The summed E-state index contributed by atoms with van der Waals surface area (Å²) in [7, 11) is 1.43. The summed E-state index contributed by atoms with van der Waals surface area (Å²) < 4.78 is 0. The summed E-state index contributed by atoms with van der Waals surface area (Å²) in [6.07, 6.45) is 20.3. The summed E-state index contributed by atoms with van der Waals surface area (Å²) in [6, 6.07) is 0. The van der Waals surface area contributed by atoms with Crippen molar-refractivity contribution in [3.63, 3.8) is 0 Å². The van der Waals surface area contributed by atoms with Gasteiger partial charge in [-0.05, 0) is 55.9 Å². The van der Waals surface area contributed by atoms with Gasteiger partial charge < -0.3 is 15.8 Å². The zero-order valence-electron chi connectivity index (χ0n) is 19.1. The lowest BCUT2D eigenvalue weighted by Crippen LogP contribution is -2.36. The molecule has 3 rings (SSSR count). The lowest BCUT2D eigenvalue weighted by molar-refractivity contribution is -0.127. The van der Waals surface area contributed by atoms with Crippen molar-refractivity contribution in [1.29, 1.82) is 0 Å². The first-order valence-electron chi connectivity index (χ1n) is 11.0. The van der Waals surface area contributed by atoms with E-state index in [1.54, 1.807) is 22.9 Å². The van der Waals surface area contributed by atoms with E-state index in [2.05, 4.69) is 30.1 Å². The Kier molecular flexibility index (Phi) is 14.2. The fraction of sp³-hybridized carbons (Fsp3) is 0.500. The molecule has 1 unspecified atom stereocenters. The minimum absolute atomic E-state index is 0.123. The van der Waals surface area contributed by atoms with Crippen molar-refractivity contribution in [2.24, 2.45) is 11.7 Å². The highest BCUT2D eigenvalue weighted by Crippen LogP contribution is 2.19. The minimum atomic E-state index is 0.123. The van der Waals surface area contributed by atoms with E-state index in [9.17, 15) is 4.79 Å². The quantitative estimate of drug-likeness (QED) is 0.349. The maximum Gasteiger partial charge on any atom is 0.253 e. The summed E-state index contributed by atoms with van der Waals surface area (Å²) in [5.41, 5.74) is 9.22. The molecular formula is C24H38N4O2S. The molecular weight excluding hydrogens is 408 g/mol. The second kappa shape index (κ2) is 16.5. The average Bonchev–Trinajstić information content (AvgIpc) is 3.29. The molecule has 2 heterocycles. The van der Waals surface area contributed by atoms with Crippen LogP contribution in [0.2, 0.25) is 0 Å². The van der Waals surface area contributed by atoms with Crippen molar-refractivity contribution in [2.45, 2.75) is 52.4 Å². The second-order valence-corrected chi connectivity index (χ2v) is 8.44. The van der Waals surface area contributed by atoms with Crippen LogP contribution in [0.5, 0.6) is 0 Å². The number of rotatable bonds is 5. The van der Waals surface area contributed by atoms with Crippen LogP contribution in [-0.4, -0.2) is 41.1 Å². The smallest absolute Gasteiger partial charge is 0.253 e. The van der Waals surface area contributed by atoms with Crippen LogP contribution in [0.25, 0.3) is 0 Å². The Hall–Kier alpha value is -2.22. The zero-order chi connectivity index (χ0) is 22.9. The Morgan fingerprint density at radius 2 is 2.10 bits per heavy atom. The summed E-state index contributed by atoms with van der Waals surface area (Å²) >= 11 is 1.73. The molecule has 172 valence electrons. The van der Waals surface area contributed by atoms with Gasteiger partial charge in [-0.15, -0.1) is 11.3 Å². The van der Waals surface area contributed by atoms with Gasteiger partial charge in [-0.1, -0.05) is 38.2 Å². The first kappa shape index (κ1) is 26.8. The Bertz CT molecular complexity index is 733. The van der Waals surface area contributed by atoms with Crippen molar-refractivity contribution in [2.75, 3.05) is 20.1 Å². The lowest BCUT2D eigenvalue weighted by atomic mass is 9.97. The molecule has 4 N–H and O–H groups in total. The van der Waals surface area contributed by atoms with Crippen LogP contribution < -0.4 is 11.2 Å². The Balaban J connectivity index is 0.000000277. The number of hydrogen-bond acceptors (Lipinski definition) is 6. The number of piperidine rings is 1. The molecule has 0 spiro atoms. The van der Waals surface area contributed by atoms with Gasteiger partial charge in [-0.25, -0.2) is 10.5 Å². The number of carbonyl (C=O) groups is 1. The van der Waals surface area contributed by atoms with E-state index < -0.39 is 0 Å². The van der Waals surface area contributed by atoms with Crippen LogP contribution in [0.15, 0.2) is 59.3 Å². The number of nitrogens with one attached hydrogen (secondary N) is 1. The van der Waals surface area contributed by atoms with Crippen LogP contribution in [0.3, 0.4) is 0 Å². The Labute approximate surface area is 191 Å². The van der Waals surface area contributed by atoms with Crippen LogP contribution in [0.4, 0.5) is 0 Å². The molecule has 1 atom stereocenters. The molecule has 0 radical (unpaired) electrons. The van der Waals surface area contributed by atoms with E-state index in [1.807, 2.05) is 29.5 Å². The number of allylic oxidation sites excluding steroid dienone is 5. The Morgan fingerprint density at radius 3 is 2.61 bits per heavy atom. The van der Waals surface area contributed by atoms with E-state index in [4.69, 9.17) is 10.9 Å². The standard InChI is InChI=1S/C12H20N2O.C11H13NS.CH5NO/c1-2-6-11(7-8-13)12(15)14-9-4-3-5-10-14;1-9-2-4-10(5-3-9)8-11-12-6-7-13-11;1-2-3/h6-8H,2-5,9-10,13H2,1H3;2,4-7,9H,3,8H2,1H3;2-3H,1H3/b8-7-,11-6+;;. The molecule has 1 aliphatic carbocycles. The molecule has 6 nitrogen and oxygen atoms in total. The number of thiazole rings is 1. The van der Waals surface area contributed by atoms with Gasteiger partial charge in [0.05, 0.1) is 5.01 Å². The number of likely N-dealkylation sites (tertiary alicyclic amines) is 1. The molecule has 0 saturated carbocycles. The molecule has 1 aromatic heterocycles. The summed E-state index contributed by atoms with van der Waals surface area (Å²) in [4.78, 5) is 18.2. The van der Waals surface area contributed by atoms with Gasteiger partial charge >= 0.3 is 0 Å². The number of amides is 1. The van der Waals surface area contributed by atoms with Crippen molar-refractivity contribution >= 4 is 17.2 Å². The molecule has 1 saturated heterocycles. The maximum atomic E-state index is 12.0. The highest BCUT2D eigenvalue weighted by atomic mass is 32.1. The average molecular weight is 447 g/mol. The first-order valence-corrected chi connectivity index (χ1v) is 11.9. The van der Waals surface area contributed by atoms with E-state index >= 15 is 0 Å². The van der Waals surface area contributed by atoms with Crippen LogP contribution >= 0.6 is 11.3 Å². The van der Waals surface area contributed by atoms with Gasteiger partial charge in [0.25, 0.3) is 5.91 Å². The highest BCUT2D eigenvalue weighted by Gasteiger charge is 2.18. The molecule has 0 aromatic carbocycles. The molecule has 1 aromatic rings. The molecule has 1 aliphatic heterocycles. The van der Waals surface area contributed by atoms with E-state index in [-0.39, 0.29) is 5.91 Å². The van der Waals surface area contributed by atoms with Crippen molar-refractivity contribution in [1.82, 2.24) is 15.4 Å². The second-order valence-electron chi connectivity index (χ2n) is 7.46. The predicted molar refractivity (Wildman–Crippen MR) is 130 cm³/mol. The molecule has 7 heteroatoms. The fourth-order valence-electron chi connectivity index (χ4n) is 3.25. The maximum absolute atomic E-state index is 12.0. The fourth-order valence-corrected chi connectivity index (χ4v) is 3.90. The number of hydrogen-bond donors (Lipinski definition) is 3. The number of aromatic nitrogens is 1. The van der Waals surface area contributed by atoms with Crippen molar-refractivity contribution in [3.05, 3.63) is 64.3 Å². The van der Waals surface area contributed by atoms with Crippen LogP contribution in [0.1, 0.15) is 51.0 Å². The minimum Gasteiger partial charge on any atom is -0.405 e. The molecule has 31 heavy (non-hydrogen) atoms. The van der Waals surface area contributed by atoms with Gasteiger partial charge in [-0.3, -0.25) is 4.79 Å². The van der Waals surface area contributed by atoms with Crippen LogP contribution in [0, 0.1) is 5.92 Å². The number of nitrogens with two attached hydrogens (primary N) is 1. The number of carbonyl (C=O) groups excluding carboxylic acids is 1. The summed E-state index contributed by atoms with van der Waals surface area (Å²) in [5.74, 6) is 0.832. The van der Waals surface area contributed by atoms with Gasteiger partial charge in [0.15, 0.2) is 0 Å². The SMILES string of the molecule is CC/C=C(\C=C/N)C(=O)N1CCCCC1.CC1C=CC(Cc2nccs2)=CC1.CNO. The largest absolute Gasteiger partial charge is 0.405 e. The topological polar surface area (TPSA) is 91.5 Å². The summed E-state index contributed by atoms with van der Waals surface area (Å²) in [6.45, 7) is 6.04. The normalized spacial score (nSPS) is 18.6. The third-order valence-corrected chi connectivity index (χ3v) is 5.60. The van der Waals surface area contributed by atoms with Crippen molar-refractivity contribution < 1.29 is 10.0 Å². The third kappa shape index (κ3) is 11.1.